The van der Waals surface area contributed by atoms with Gasteiger partial charge in [0.2, 0.25) is 0 Å². The lowest BCUT2D eigenvalue weighted by Gasteiger charge is -2.12. The summed E-state index contributed by atoms with van der Waals surface area (Å²) >= 11 is 0. The highest BCUT2D eigenvalue weighted by Gasteiger charge is 2.21. The first-order valence-corrected chi connectivity index (χ1v) is 4.61. The van der Waals surface area contributed by atoms with Gasteiger partial charge in [0.1, 0.15) is 5.78 Å². The van der Waals surface area contributed by atoms with Crippen LogP contribution in [0.1, 0.15) is 36.5 Å². The molecule has 0 fully saturated rings. The van der Waals surface area contributed by atoms with Gasteiger partial charge in [-0.25, -0.2) is 17.6 Å². The normalized spacial score (nSPS) is 11.2. The van der Waals surface area contributed by atoms with Crippen LogP contribution in [0.15, 0.2) is 18.2 Å². The standard InChI is InChI=1S/C11H10F4O/c1-6(16)5-9-7(10(12)13)3-2-4-8(9)11(14)15/h2-4,10-11H,5H2,1H3. The fraction of sp³-hybridized carbons (Fsp3) is 0.364. The van der Waals surface area contributed by atoms with Gasteiger partial charge in [0.05, 0.1) is 0 Å². The van der Waals surface area contributed by atoms with Gasteiger partial charge in [-0.15, -0.1) is 0 Å². The van der Waals surface area contributed by atoms with Crippen LogP contribution in [-0.2, 0) is 11.2 Å². The highest BCUT2D eigenvalue weighted by Crippen LogP contribution is 2.31. The van der Waals surface area contributed by atoms with Crippen molar-refractivity contribution in [2.24, 2.45) is 0 Å². The van der Waals surface area contributed by atoms with Crippen molar-refractivity contribution < 1.29 is 22.4 Å². The van der Waals surface area contributed by atoms with E-state index >= 15 is 0 Å². The Hall–Kier alpha value is -1.39. The van der Waals surface area contributed by atoms with Gasteiger partial charge in [0.25, 0.3) is 12.9 Å². The molecular weight excluding hydrogens is 224 g/mol. The average molecular weight is 234 g/mol. The summed E-state index contributed by atoms with van der Waals surface area (Å²) < 4.78 is 50.3. The van der Waals surface area contributed by atoms with Crippen molar-refractivity contribution in [3.05, 3.63) is 34.9 Å². The zero-order chi connectivity index (χ0) is 12.3. The van der Waals surface area contributed by atoms with E-state index in [9.17, 15) is 22.4 Å². The third-order valence-electron chi connectivity index (χ3n) is 2.14. The van der Waals surface area contributed by atoms with Crippen molar-refractivity contribution in [2.45, 2.75) is 26.2 Å². The Morgan fingerprint density at radius 2 is 1.56 bits per heavy atom. The molecule has 0 amide bonds. The predicted molar refractivity (Wildman–Crippen MR) is 50.7 cm³/mol. The molecule has 0 spiro atoms. The second kappa shape index (κ2) is 5.09. The lowest BCUT2D eigenvalue weighted by Crippen LogP contribution is -2.06. The van der Waals surface area contributed by atoms with Crippen LogP contribution in [0.2, 0.25) is 0 Å². The predicted octanol–water partition coefficient (Wildman–Crippen LogP) is 3.69. The maximum Gasteiger partial charge on any atom is 0.264 e. The molecule has 0 heterocycles. The lowest BCUT2D eigenvalue weighted by molar-refractivity contribution is -0.116. The van der Waals surface area contributed by atoms with Crippen molar-refractivity contribution in [3.63, 3.8) is 0 Å². The first-order chi connectivity index (χ1) is 7.43. The number of hydrogen-bond acceptors (Lipinski definition) is 1. The van der Waals surface area contributed by atoms with Crippen LogP contribution in [0.3, 0.4) is 0 Å². The third-order valence-corrected chi connectivity index (χ3v) is 2.14. The molecule has 1 aromatic carbocycles. The van der Waals surface area contributed by atoms with E-state index in [-0.39, 0.29) is 12.0 Å². The van der Waals surface area contributed by atoms with Crippen LogP contribution in [0, 0.1) is 0 Å². The summed E-state index contributed by atoms with van der Waals surface area (Å²) in [6.45, 7) is 1.18. The highest BCUT2D eigenvalue weighted by atomic mass is 19.3. The van der Waals surface area contributed by atoms with E-state index in [1.165, 1.54) is 6.92 Å². The Labute approximate surface area is 90.1 Å². The number of hydrogen-bond donors (Lipinski definition) is 0. The van der Waals surface area contributed by atoms with Gasteiger partial charge in [-0.05, 0) is 12.5 Å². The lowest BCUT2D eigenvalue weighted by atomic mass is 9.97. The second-order valence-corrected chi connectivity index (χ2v) is 3.40. The smallest absolute Gasteiger partial charge is 0.264 e. The summed E-state index contributed by atoms with van der Waals surface area (Å²) in [4.78, 5) is 10.9. The zero-order valence-corrected chi connectivity index (χ0v) is 8.51. The fourth-order valence-corrected chi connectivity index (χ4v) is 1.49. The number of carbonyl (C=O) groups is 1. The molecule has 1 aromatic rings. The molecule has 1 rings (SSSR count). The molecule has 0 aliphatic rings. The fourth-order valence-electron chi connectivity index (χ4n) is 1.49. The highest BCUT2D eigenvalue weighted by molar-refractivity contribution is 5.79. The molecule has 0 N–H and O–H groups in total. The van der Waals surface area contributed by atoms with E-state index in [1.54, 1.807) is 0 Å². The molecule has 0 saturated heterocycles. The number of alkyl halides is 4. The molecule has 16 heavy (non-hydrogen) atoms. The van der Waals surface area contributed by atoms with E-state index in [2.05, 4.69) is 0 Å². The van der Waals surface area contributed by atoms with E-state index in [4.69, 9.17) is 0 Å². The summed E-state index contributed by atoms with van der Waals surface area (Å²) in [5.74, 6) is -0.421. The monoisotopic (exact) mass is 234 g/mol. The quantitative estimate of drug-likeness (QED) is 0.726. The van der Waals surface area contributed by atoms with Crippen molar-refractivity contribution >= 4 is 5.78 Å². The van der Waals surface area contributed by atoms with Gasteiger partial charge in [0.15, 0.2) is 0 Å². The molecular formula is C11H10F4O. The van der Waals surface area contributed by atoms with Crippen molar-refractivity contribution in [3.8, 4) is 0 Å². The maximum absolute atomic E-state index is 12.6. The number of Topliss-reactive ketones (excluding diaryl/α,β-unsaturated/α-hetero) is 1. The molecule has 0 aliphatic carbocycles. The maximum atomic E-state index is 12.6. The van der Waals surface area contributed by atoms with Crippen LogP contribution < -0.4 is 0 Å². The van der Waals surface area contributed by atoms with Crippen LogP contribution in [-0.4, -0.2) is 5.78 Å². The van der Waals surface area contributed by atoms with Gasteiger partial charge in [-0.2, -0.15) is 0 Å². The minimum absolute atomic E-state index is 0.250. The van der Waals surface area contributed by atoms with Crippen LogP contribution in [0.5, 0.6) is 0 Å². The van der Waals surface area contributed by atoms with Crippen LogP contribution in [0.4, 0.5) is 17.6 Å². The van der Waals surface area contributed by atoms with E-state index in [0.717, 1.165) is 18.2 Å². The number of carbonyl (C=O) groups excluding carboxylic acids is 1. The molecule has 5 heteroatoms. The van der Waals surface area contributed by atoms with Gasteiger partial charge in [0, 0.05) is 17.5 Å². The van der Waals surface area contributed by atoms with Crippen LogP contribution in [0.25, 0.3) is 0 Å². The summed E-state index contributed by atoms with van der Waals surface area (Å²) in [7, 11) is 0. The summed E-state index contributed by atoms with van der Waals surface area (Å²) in [5.41, 5.74) is -1.24. The second-order valence-electron chi connectivity index (χ2n) is 3.40. The van der Waals surface area contributed by atoms with Crippen LogP contribution >= 0.6 is 0 Å². The molecule has 0 aliphatic heterocycles. The average Bonchev–Trinajstić information content (AvgIpc) is 2.16. The molecule has 0 aromatic heterocycles. The third kappa shape index (κ3) is 2.81. The first-order valence-electron chi connectivity index (χ1n) is 4.61. The van der Waals surface area contributed by atoms with E-state index in [0.29, 0.717) is 0 Å². The largest absolute Gasteiger partial charge is 0.300 e. The molecule has 1 nitrogen and oxygen atoms in total. The Morgan fingerprint density at radius 1 is 1.12 bits per heavy atom. The molecule has 0 radical (unpaired) electrons. The minimum atomic E-state index is -2.85. The first kappa shape index (κ1) is 12.7. The zero-order valence-electron chi connectivity index (χ0n) is 8.51. The molecule has 0 unspecified atom stereocenters. The van der Waals surface area contributed by atoms with Crippen molar-refractivity contribution in [2.75, 3.05) is 0 Å². The topological polar surface area (TPSA) is 17.1 Å². The van der Waals surface area contributed by atoms with Gasteiger partial charge in [-0.3, -0.25) is 4.79 Å². The summed E-state index contributed by atoms with van der Waals surface area (Å²) in [5, 5.41) is 0. The number of ketones is 1. The Morgan fingerprint density at radius 3 is 1.88 bits per heavy atom. The number of benzene rings is 1. The van der Waals surface area contributed by atoms with E-state index in [1.807, 2.05) is 0 Å². The Bertz CT molecular complexity index is 361. The number of halogens is 4. The minimum Gasteiger partial charge on any atom is -0.300 e. The molecule has 0 saturated carbocycles. The number of rotatable bonds is 4. The summed E-state index contributed by atoms with van der Waals surface area (Å²) in [6, 6.07) is 3.27. The Kier molecular flexibility index (Phi) is 4.04. The Balaban J connectivity index is 3.28. The SMILES string of the molecule is CC(=O)Cc1c(C(F)F)cccc1C(F)F. The van der Waals surface area contributed by atoms with E-state index < -0.39 is 29.8 Å². The molecule has 88 valence electrons. The molecule has 0 bridgehead atoms. The van der Waals surface area contributed by atoms with Crippen molar-refractivity contribution in [1.82, 2.24) is 0 Å². The van der Waals surface area contributed by atoms with Gasteiger partial charge >= 0.3 is 0 Å². The molecule has 0 atom stereocenters. The summed E-state index contributed by atoms with van der Waals surface area (Å²) in [6.07, 6.45) is -6.10. The van der Waals surface area contributed by atoms with Gasteiger partial charge in [-0.1, -0.05) is 18.2 Å². The van der Waals surface area contributed by atoms with Gasteiger partial charge < -0.3 is 0 Å². The van der Waals surface area contributed by atoms with Crippen molar-refractivity contribution in [1.29, 1.82) is 0 Å².